The Morgan fingerprint density at radius 3 is 2.90 bits per heavy atom. The van der Waals surface area contributed by atoms with Gasteiger partial charge in [0.1, 0.15) is 5.82 Å². The quantitative estimate of drug-likeness (QED) is 0.803. The zero-order chi connectivity index (χ0) is 14.5. The van der Waals surface area contributed by atoms with Crippen molar-refractivity contribution in [3.8, 4) is 0 Å². The van der Waals surface area contributed by atoms with Crippen molar-refractivity contribution in [3.05, 3.63) is 29.6 Å². The van der Waals surface area contributed by atoms with Gasteiger partial charge in [-0.25, -0.2) is 4.39 Å². The molecule has 1 aromatic carbocycles. The van der Waals surface area contributed by atoms with E-state index in [1.165, 1.54) is 18.2 Å². The molecule has 6 heteroatoms. The molecule has 0 radical (unpaired) electrons. The van der Waals surface area contributed by atoms with Crippen molar-refractivity contribution in [1.29, 1.82) is 0 Å². The number of hydrogen-bond donors (Lipinski definition) is 2. The molecule has 1 aliphatic heterocycles. The van der Waals surface area contributed by atoms with Gasteiger partial charge in [0.25, 0.3) is 5.91 Å². The first kappa shape index (κ1) is 14.7. The molecule has 1 heterocycles. The summed E-state index contributed by atoms with van der Waals surface area (Å²) < 4.78 is 18.9. The number of nitrogens with zero attached hydrogens (tertiary/aromatic N) is 1. The minimum atomic E-state index is -0.560. The standard InChI is InChI=1S/C14H20FN3O2/c1-10(9-18-4-6-20-7-5-18)17-14(19)12-8-11(16)2-3-13(12)15/h2-3,8,10H,4-7,9,16H2,1H3,(H,17,19). The summed E-state index contributed by atoms with van der Waals surface area (Å²) in [5, 5.41) is 2.79. The lowest BCUT2D eigenvalue weighted by Crippen LogP contribution is -2.46. The molecule has 0 bridgehead atoms. The zero-order valence-electron chi connectivity index (χ0n) is 11.6. The Balaban J connectivity index is 1.91. The van der Waals surface area contributed by atoms with E-state index in [9.17, 15) is 9.18 Å². The predicted octanol–water partition coefficient (Wildman–Crippen LogP) is 0.858. The van der Waals surface area contributed by atoms with E-state index in [4.69, 9.17) is 10.5 Å². The van der Waals surface area contributed by atoms with Gasteiger partial charge in [-0.3, -0.25) is 9.69 Å². The van der Waals surface area contributed by atoms with Crippen molar-refractivity contribution in [2.45, 2.75) is 13.0 Å². The number of halogens is 1. The molecule has 1 atom stereocenters. The zero-order valence-corrected chi connectivity index (χ0v) is 11.6. The van der Waals surface area contributed by atoms with E-state index in [2.05, 4.69) is 10.2 Å². The monoisotopic (exact) mass is 281 g/mol. The number of morpholine rings is 1. The van der Waals surface area contributed by atoms with Crippen LogP contribution in [0.1, 0.15) is 17.3 Å². The fraction of sp³-hybridized carbons (Fsp3) is 0.500. The molecule has 0 spiro atoms. The molecular weight excluding hydrogens is 261 g/mol. The molecule has 0 aromatic heterocycles. The van der Waals surface area contributed by atoms with Crippen molar-refractivity contribution < 1.29 is 13.9 Å². The first-order valence-electron chi connectivity index (χ1n) is 6.72. The normalized spacial score (nSPS) is 17.7. The number of rotatable bonds is 4. The number of nitrogen functional groups attached to an aromatic ring is 1. The topological polar surface area (TPSA) is 67.6 Å². The van der Waals surface area contributed by atoms with Gasteiger partial charge >= 0.3 is 0 Å². The molecule has 2 rings (SSSR count). The molecule has 1 unspecified atom stereocenters. The predicted molar refractivity (Wildman–Crippen MR) is 75.0 cm³/mol. The smallest absolute Gasteiger partial charge is 0.254 e. The lowest BCUT2D eigenvalue weighted by atomic mass is 10.1. The largest absolute Gasteiger partial charge is 0.399 e. The van der Waals surface area contributed by atoms with Crippen LogP contribution in [0.25, 0.3) is 0 Å². The van der Waals surface area contributed by atoms with Crippen LogP contribution in [0.3, 0.4) is 0 Å². The van der Waals surface area contributed by atoms with Gasteiger partial charge in [0.2, 0.25) is 0 Å². The number of benzene rings is 1. The second-order valence-electron chi connectivity index (χ2n) is 5.03. The molecule has 3 N–H and O–H groups in total. The number of anilines is 1. The van der Waals surface area contributed by atoms with Crippen LogP contribution >= 0.6 is 0 Å². The molecule has 110 valence electrons. The summed E-state index contributed by atoms with van der Waals surface area (Å²) in [5.41, 5.74) is 5.93. The third kappa shape index (κ3) is 3.91. The maximum absolute atomic E-state index is 13.6. The fourth-order valence-electron chi connectivity index (χ4n) is 2.24. The van der Waals surface area contributed by atoms with Gasteiger partial charge in [-0.1, -0.05) is 0 Å². The summed E-state index contributed by atoms with van der Waals surface area (Å²) in [7, 11) is 0. The molecule has 5 nitrogen and oxygen atoms in total. The molecular formula is C14H20FN3O2. The summed E-state index contributed by atoms with van der Waals surface area (Å²) in [6, 6.07) is 3.92. The van der Waals surface area contributed by atoms with Gasteiger partial charge in [0.15, 0.2) is 0 Å². The summed E-state index contributed by atoms with van der Waals surface area (Å²) in [5.74, 6) is -0.995. The van der Waals surface area contributed by atoms with Crippen molar-refractivity contribution in [2.75, 3.05) is 38.6 Å². The number of nitrogens with two attached hydrogens (primary N) is 1. The van der Waals surface area contributed by atoms with Gasteiger partial charge in [-0.15, -0.1) is 0 Å². The Kier molecular flexibility index (Phi) is 4.92. The van der Waals surface area contributed by atoms with E-state index in [1.807, 2.05) is 6.92 Å². The van der Waals surface area contributed by atoms with E-state index in [0.29, 0.717) is 18.9 Å². The average molecular weight is 281 g/mol. The second-order valence-corrected chi connectivity index (χ2v) is 5.03. The lowest BCUT2D eigenvalue weighted by molar-refractivity contribution is 0.0342. The summed E-state index contributed by atoms with van der Waals surface area (Å²) in [6.07, 6.45) is 0. The maximum Gasteiger partial charge on any atom is 0.254 e. The highest BCUT2D eigenvalue weighted by Gasteiger charge is 2.17. The van der Waals surface area contributed by atoms with Crippen LogP contribution in [0.4, 0.5) is 10.1 Å². The molecule has 1 fully saturated rings. The second kappa shape index (κ2) is 6.67. The number of hydrogen-bond acceptors (Lipinski definition) is 4. The molecule has 0 aliphatic carbocycles. The number of amides is 1. The number of nitrogens with one attached hydrogen (secondary N) is 1. The van der Waals surface area contributed by atoms with Crippen LogP contribution in [0, 0.1) is 5.82 Å². The van der Waals surface area contributed by atoms with Crippen molar-refractivity contribution >= 4 is 11.6 Å². The Morgan fingerprint density at radius 1 is 1.50 bits per heavy atom. The fourth-order valence-corrected chi connectivity index (χ4v) is 2.24. The third-order valence-electron chi connectivity index (χ3n) is 3.25. The van der Waals surface area contributed by atoms with E-state index < -0.39 is 11.7 Å². The molecule has 20 heavy (non-hydrogen) atoms. The van der Waals surface area contributed by atoms with E-state index in [-0.39, 0.29) is 11.6 Å². The Hall–Kier alpha value is -1.66. The molecule has 1 aliphatic rings. The van der Waals surface area contributed by atoms with Crippen LogP contribution in [-0.2, 0) is 4.74 Å². The molecule has 1 saturated heterocycles. The SMILES string of the molecule is CC(CN1CCOCC1)NC(=O)c1cc(N)ccc1F. The minimum absolute atomic E-state index is 0.0150. The summed E-state index contributed by atoms with van der Waals surface area (Å²) in [6.45, 7) is 5.76. The lowest BCUT2D eigenvalue weighted by Gasteiger charge is -2.29. The van der Waals surface area contributed by atoms with Gasteiger partial charge in [0, 0.05) is 31.4 Å². The van der Waals surface area contributed by atoms with Crippen LogP contribution < -0.4 is 11.1 Å². The van der Waals surface area contributed by atoms with Crippen molar-refractivity contribution in [1.82, 2.24) is 10.2 Å². The Bertz CT molecular complexity index is 475. The summed E-state index contributed by atoms with van der Waals surface area (Å²) in [4.78, 5) is 14.2. The first-order chi connectivity index (χ1) is 9.56. The number of carbonyl (C=O) groups excluding carboxylic acids is 1. The van der Waals surface area contributed by atoms with Crippen LogP contribution in [-0.4, -0.2) is 49.7 Å². The molecule has 1 aromatic rings. The van der Waals surface area contributed by atoms with Crippen LogP contribution in [0.5, 0.6) is 0 Å². The Morgan fingerprint density at radius 2 is 2.20 bits per heavy atom. The van der Waals surface area contributed by atoms with Crippen LogP contribution in [0.2, 0.25) is 0 Å². The molecule has 0 saturated carbocycles. The highest BCUT2D eigenvalue weighted by Crippen LogP contribution is 2.12. The van der Waals surface area contributed by atoms with Crippen molar-refractivity contribution in [2.24, 2.45) is 0 Å². The van der Waals surface area contributed by atoms with E-state index in [1.54, 1.807) is 0 Å². The van der Waals surface area contributed by atoms with Crippen molar-refractivity contribution in [3.63, 3.8) is 0 Å². The van der Waals surface area contributed by atoms with Gasteiger partial charge in [0.05, 0.1) is 18.8 Å². The highest BCUT2D eigenvalue weighted by molar-refractivity contribution is 5.95. The number of ether oxygens (including phenoxy) is 1. The average Bonchev–Trinajstić information content (AvgIpc) is 2.42. The van der Waals surface area contributed by atoms with E-state index in [0.717, 1.165) is 19.6 Å². The first-order valence-corrected chi connectivity index (χ1v) is 6.72. The van der Waals surface area contributed by atoms with Crippen LogP contribution in [0.15, 0.2) is 18.2 Å². The number of carbonyl (C=O) groups is 1. The maximum atomic E-state index is 13.6. The van der Waals surface area contributed by atoms with Gasteiger partial charge < -0.3 is 15.8 Å². The van der Waals surface area contributed by atoms with E-state index >= 15 is 0 Å². The minimum Gasteiger partial charge on any atom is -0.399 e. The highest BCUT2D eigenvalue weighted by atomic mass is 19.1. The van der Waals surface area contributed by atoms with Gasteiger partial charge in [-0.2, -0.15) is 0 Å². The Labute approximate surface area is 117 Å². The summed E-state index contributed by atoms with van der Waals surface area (Å²) >= 11 is 0. The molecule has 1 amide bonds. The third-order valence-corrected chi connectivity index (χ3v) is 3.25. The van der Waals surface area contributed by atoms with Gasteiger partial charge in [-0.05, 0) is 25.1 Å².